The Hall–Kier alpha value is -2.88. The van der Waals surface area contributed by atoms with E-state index >= 15 is 0 Å². The monoisotopic (exact) mass is 258 g/mol. The molecule has 0 bridgehead atoms. The van der Waals surface area contributed by atoms with Gasteiger partial charge in [-0.1, -0.05) is 0 Å². The van der Waals surface area contributed by atoms with Gasteiger partial charge in [-0.25, -0.2) is 4.98 Å². The molecule has 0 spiro atoms. The van der Waals surface area contributed by atoms with E-state index in [0.717, 1.165) is 6.20 Å². The fraction of sp³-hybridized carbons (Fsp3) is 0.167. The topological polar surface area (TPSA) is 105 Å². The average molecular weight is 258 g/mol. The third kappa shape index (κ3) is 2.69. The van der Waals surface area contributed by atoms with Crippen molar-refractivity contribution in [2.24, 2.45) is 0 Å². The van der Waals surface area contributed by atoms with Crippen LogP contribution in [0.1, 0.15) is 24.3 Å². The summed E-state index contributed by atoms with van der Waals surface area (Å²) in [5.74, 6) is 0.973. The van der Waals surface area contributed by atoms with Crippen molar-refractivity contribution in [1.29, 1.82) is 5.26 Å². The molecule has 19 heavy (non-hydrogen) atoms. The summed E-state index contributed by atoms with van der Waals surface area (Å²) < 4.78 is 5.22. The quantitative estimate of drug-likeness (QED) is 0.667. The van der Waals surface area contributed by atoms with Crippen LogP contribution in [-0.2, 0) is 0 Å². The van der Waals surface area contributed by atoms with Crippen molar-refractivity contribution >= 4 is 11.5 Å². The average Bonchev–Trinajstić information content (AvgIpc) is 2.92. The SMILES string of the molecule is CC(Nc1ncc([N+](=O)[O-])cc1C#N)c1ccco1. The molecule has 0 saturated heterocycles. The van der Waals surface area contributed by atoms with E-state index in [-0.39, 0.29) is 23.1 Å². The maximum absolute atomic E-state index is 10.6. The van der Waals surface area contributed by atoms with Gasteiger partial charge in [-0.05, 0) is 19.1 Å². The van der Waals surface area contributed by atoms with Crippen LogP contribution in [-0.4, -0.2) is 9.91 Å². The minimum Gasteiger partial charge on any atom is -0.467 e. The predicted octanol–water partition coefficient (Wildman–Crippen LogP) is 2.63. The Bertz CT molecular complexity index is 631. The van der Waals surface area contributed by atoms with E-state index < -0.39 is 4.92 Å². The van der Waals surface area contributed by atoms with Gasteiger partial charge in [-0.3, -0.25) is 10.1 Å². The van der Waals surface area contributed by atoms with Crippen molar-refractivity contribution in [3.05, 3.63) is 52.1 Å². The molecule has 0 aliphatic heterocycles. The summed E-state index contributed by atoms with van der Waals surface area (Å²) in [6.07, 6.45) is 2.65. The molecular formula is C12H10N4O3. The molecule has 0 amide bonds. The standard InChI is InChI=1S/C12H10N4O3/c1-8(11-3-2-4-19-11)15-12-9(6-13)5-10(7-14-12)16(17)18/h2-5,7-8H,1H3,(H,14,15). The van der Waals surface area contributed by atoms with Crippen LogP contribution in [0.2, 0.25) is 0 Å². The highest BCUT2D eigenvalue weighted by Gasteiger charge is 2.15. The van der Waals surface area contributed by atoms with Crippen LogP contribution in [0.15, 0.2) is 35.1 Å². The summed E-state index contributed by atoms with van der Waals surface area (Å²) >= 11 is 0. The second kappa shape index (κ2) is 5.18. The first kappa shape index (κ1) is 12.6. The Kier molecular flexibility index (Phi) is 3.43. The molecule has 0 fully saturated rings. The molecule has 0 saturated carbocycles. The van der Waals surface area contributed by atoms with Gasteiger partial charge < -0.3 is 9.73 Å². The lowest BCUT2D eigenvalue weighted by atomic mass is 10.2. The number of furan rings is 1. The molecular weight excluding hydrogens is 248 g/mol. The summed E-state index contributed by atoms with van der Waals surface area (Å²) in [7, 11) is 0. The van der Waals surface area contributed by atoms with E-state index in [1.54, 1.807) is 18.4 Å². The lowest BCUT2D eigenvalue weighted by Gasteiger charge is -2.12. The zero-order valence-corrected chi connectivity index (χ0v) is 10.0. The van der Waals surface area contributed by atoms with Gasteiger partial charge in [-0.15, -0.1) is 0 Å². The fourth-order valence-corrected chi connectivity index (χ4v) is 1.57. The fourth-order valence-electron chi connectivity index (χ4n) is 1.57. The van der Waals surface area contributed by atoms with Gasteiger partial charge >= 0.3 is 0 Å². The van der Waals surface area contributed by atoms with Crippen LogP contribution in [0.25, 0.3) is 0 Å². The number of anilines is 1. The first-order valence-corrected chi connectivity index (χ1v) is 5.46. The van der Waals surface area contributed by atoms with Crippen molar-refractivity contribution in [1.82, 2.24) is 4.98 Å². The molecule has 7 nitrogen and oxygen atoms in total. The van der Waals surface area contributed by atoms with Crippen LogP contribution >= 0.6 is 0 Å². The van der Waals surface area contributed by atoms with E-state index in [1.165, 1.54) is 6.07 Å². The maximum atomic E-state index is 10.6. The van der Waals surface area contributed by atoms with Gasteiger partial charge in [0, 0.05) is 6.07 Å². The van der Waals surface area contributed by atoms with Gasteiger partial charge in [-0.2, -0.15) is 5.26 Å². The molecule has 96 valence electrons. The highest BCUT2D eigenvalue weighted by atomic mass is 16.6. The second-order valence-corrected chi connectivity index (χ2v) is 3.84. The Morgan fingerprint density at radius 1 is 1.63 bits per heavy atom. The minimum atomic E-state index is -0.590. The van der Waals surface area contributed by atoms with Crippen LogP contribution in [0, 0.1) is 21.4 Å². The lowest BCUT2D eigenvalue weighted by molar-refractivity contribution is -0.385. The lowest BCUT2D eigenvalue weighted by Crippen LogP contribution is -2.08. The third-order valence-electron chi connectivity index (χ3n) is 2.53. The summed E-state index contributed by atoms with van der Waals surface area (Å²) in [5, 5.41) is 22.6. The van der Waals surface area contributed by atoms with Crippen molar-refractivity contribution in [2.45, 2.75) is 13.0 Å². The Morgan fingerprint density at radius 3 is 3.00 bits per heavy atom. The van der Waals surface area contributed by atoms with Crippen molar-refractivity contribution in [3.63, 3.8) is 0 Å². The minimum absolute atomic E-state index is 0.118. The molecule has 0 aliphatic carbocycles. The molecule has 2 aromatic heterocycles. The van der Waals surface area contributed by atoms with E-state index in [9.17, 15) is 10.1 Å². The number of hydrogen-bond acceptors (Lipinski definition) is 6. The van der Waals surface area contributed by atoms with E-state index in [0.29, 0.717) is 5.76 Å². The summed E-state index contributed by atoms with van der Waals surface area (Å²) in [4.78, 5) is 13.9. The first-order chi connectivity index (χ1) is 9.11. The molecule has 7 heteroatoms. The van der Waals surface area contributed by atoms with Gasteiger partial charge in [0.2, 0.25) is 0 Å². The number of pyridine rings is 1. The highest BCUT2D eigenvalue weighted by molar-refractivity contribution is 5.56. The first-order valence-electron chi connectivity index (χ1n) is 5.46. The predicted molar refractivity (Wildman–Crippen MR) is 66.4 cm³/mol. The zero-order chi connectivity index (χ0) is 13.8. The molecule has 2 rings (SSSR count). The van der Waals surface area contributed by atoms with Crippen LogP contribution < -0.4 is 5.32 Å². The molecule has 1 atom stereocenters. The number of nitrogens with zero attached hydrogens (tertiary/aromatic N) is 3. The summed E-state index contributed by atoms with van der Waals surface area (Å²) in [6.45, 7) is 1.84. The van der Waals surface area contributed by atoms with Crippen LogP contribution in [0.5, 0.6) is 0 Å². The van der Waals surface area contributed by atoms with Gasteiger partial charge in [0.15, 0.2) is 0 Å². The molecule has 0 radical (unpaired) electrons. The Labute approximate surface area is 108 Å². The smallest absolute Gasteiger partial charge is 0.289 e. The van der Waals surface area contributed by atoms with Crippen molar-refractivity contribution in [2.75, 3.05) is 5.32 Å². The van der Waals surface area contributed by atoms with E-state index in [4.69, 9.17) is 9.68 Å². The molecule has 0 aliphatic rings. The number of rotatable bonds is 4. The number of nitriles is 1. The third-order valence-corrected chi connectivity index (χ3v) is 2.53. The maximum Gasteiger partial charge on any atom is 0.289 e. The van der Waals surface area contributed by atoms with Crippen LogP contribution in [0.3, 0.4) is 0 Å². The summed E-state index contributed by atoms with van der Waals surface area (Å²) in [5.41, 5.74) is -0.0969. The van der Waals surface area contributed by atoms with Gasteiger partial charge in [0.05, 0.1) is 17.2 Å². The molecule has 1 unspecified atom stereocenters. The Balaban J connectivity index is 2.26. The molecule has 2 aromatic rings. The van der Waals surface area contributed by atoms with E-state index in [2.05, 4.69) is 10.3 Å². The Morgan fingerprint density at radius 2 is 2.42 bits per heavy atom. The van der Waals surface area contributed by atoms with Crippen LogP contribution in [0.4, 0.5) is 11.5 Å². The zero-order valence-electron chi connectivity index (χ0n) is 10.0. The van der Waals surface area contributed by atoms with E-state index in [1.807, 2.05) is 13.0 Å². The molecule has 0 aromatic carbocycles. The van der Waals surface area contributed by atoms with Gasteiger partial charge in [0.1, 0.15) is 29.4 Å². The number of hydrogen-bond donors (Lipinski definition) is 1. The van der Waals surface area contributed by atoms with Crippen molar-refractivity contribution in [3.8, 4) is 6.07 Å². The highest BCUT2D eigenvalue weighted by Crippen LogP contribution is 2.23. The molecule has 1 N–H and O–H groups in total. The van der Waals surface area contributed by atoms with Crippen molar-refractivity contribution < 1.29 is 9.34 Å². The number of nitrogens with one attached hydrogen (secondary N) is 1. The largest absolute Gasteiger partial charge is 0.467 e. The molecule has 2 heterocycles. The summed E-state index contributed by atoms with van der Waals surface area (Å²) in [6, 6.07) is 6.41. The normalized spacial score (nSPS) is 11.6. The second-order valence-electron chi connectivity index (χ2n) is 3.84. The number of nitro groups is 1. The van der Waals surface area contributed by atoms with Gasteiger partial charge in [0.25, 0.3) is 5.69 Å². The number of aromatic nitrogens is 1.